The molecule has 1 aromatic heterocycles. The smallest absolute Gasteiger partial charge is 0.268 e. The number of hydrogen-bond donors (Lipinski definition) is 3. The van der Waals surface area contributed by atoms with Crippen LogP contribution in [-0.4, -0.2) is 47.9 Å². The van der Waals surface area contributed by atoms with Crippen molar-refractivity contribution in [2.24, 2.45) is 11.7 Å². The minimum atomic E-state index is -0.370. The number of nitrogens with zero attached hydrogens (tertiary/aromatic N) is 1. The van der Waals surface area contributed by atoms with E-state index in [1.54, 1.807) is 19.1 Å². The number of nitrogens with one attached hydrogen (secondary N) is 2. The zero-order valence-corrected chi connectivity index (χ0v) is 14.3. The first-order valence-corrected chi connectivity index (χ1v) is 8.54. The molecule has 7 heteroatoms. The van der Waals surface area contributed by atoms with E-state index in [1.807, 2.05) is 0 Å². The van der Waals surface area contributed by atoms with Crippen molar-refractivity contribution in [3.05, 3.63) is 35.3 Å². The molecular formula is C18H23FN4O2. The Kier molecular flexibility index (Phi) is 5.03. The average Bonchev–Trinajstić information content (AvgIpc) is 2.94. The van der Waals surface area contributed by atoms with E-state index in [2.05, 4.69) is 15.2 Å². The number of hydrogen-bond acceptors (Lipinski definition) is 3. The first-order valence-electron chi connectivity index (χ1n) is 8.54. The normalized spacial score (nSPS) is 18.4. The van der Waals surface area contributed by atoms with Gasteiger partial charge in [-0.05, 0) is 37.9 Å². The minimum absolute atomic E-state index is 0.108. The summed E-state index contributed by atoms with van der Waals surface area (Å²) in [6, 6.07) is 4.79. The highest BCUT2D eigenvalue weighted by Gasteiger charge is 2.24. The van der Waals surface area contributed by atoms with Gasteiger partial charge in [-0.25, -0.2) is 4.39 Å². The van der Waals surface area contributed by atoms with Crippen molar-refractivity contribution in [2.45, 2.75) is 19.8 Å². The van der Waals surface area contributed by atoms with Crippen molar-refractivity contribution < 1.29 is 14.0 Å². The second-order valence-electron chi connectivity index (χ2n) is 6.59. The predicted molar refractivity (Wildman–Crippen MR) is 93.7 cm³/mol. The molecule has 2 aromatic rings. The molecule has 6 nitrogen and oxygen atoms in total. The number of fused-ring (bicyclic) bond motifs is 1. The van der Waals surface area contributed by atoms with E-state index in [4.69, 9.17) is 5.73 Å². The van der Waals surface area contributed by atoms with Crippen molar-refractivity contribution >= 4 is 22.7 Å². The minimum Gasteiger partial charge on any atom is -0.369 e. The van der Waals surface area contributed by atoms with Crippen LogP contribution in [0.2, 0.25) is 0 Å². The molecular weight excluding hydrogens is 323 g/mol. The number of piperidine rings is 1. The first-order chi connectivity index (χ1) is 12.0. The Labute approximate surface area is 145 Å². The van der Waals surface area contributed by atoms with Gasteiger partial charge in [0, 0.05) is 25.0 Å². The van der Waals surface area contributed by atoms with Crippen LogP contribution in [0, 0.1) is 18.7 Å². The lowest BCUT2D eigenvalue weighted by molar-refractivity contribution is -0.123. The van der Waals surface area contributed by atoms with E-state index in [9.17, 15) is 14.0 Å². The molecule has 0 saturated carbocycles. The summed E-state index contributed by atoms with van der Waals surface area (Å²) in [6.07, 6.45) is 1.76. The van der Waals surface area contributed by atoms with Crippen LogP contribution in [-0.2, 0) is 4.79 Å². The molecule has 1 aromatic carbocycles. The van der Waals surface area contributed by atoms with Gasteiger partial charge < -0.3 is 20.9 Å². The van der Waals surface area contributed by atoms with Gasteiger partial charge in [-0.1, -0.05) is 12.1 Å². The van der Waals surface area contributed by atoms with Crippen molar-refractivity contribution in [1.82, 2.24) is 15.2 Å². The maximum absolute atomic E-state index is 13.8. The van der Waals surface area contributed by atoms with E-state index >= 15 is 0 Å². The summed E-state index contributed by atoms with van der Waals surface area (Å²) in [6.45, 7) is 4.46. The predicted octanol–water partition coefficient (Wildman–Crippen LogP) is 1.54. The van der Waals surface area contributed by atoms with Gasteiger partial charge in [0.15, 0.2) is 0 Å². The average molecular weight is 346 g/mol. The number of carbonyl (C=O) groups is 2. The number of halogens is 1. The van der Waals surface area contributed by atoms with E-state index in [0.29, 0.717) is 36.2 Å². The topological polar surface area (TPSA) is 91.2 Å². The molecule has 1 atom stereocenters. The number of benzene rings is 1. The first kappa shape index (κ1) is 17.4. The summed E-state index contributed by atoms with van der Waals surface area (Å²) >= 11 is 0. The van der Waals surface area contributed by atoms with Crippen LogP contribution in [0.3, 0.4) is 0 Å². The summed E-state index contributed by atoms with van der Waals surface area (Å²) in [4.78, 5) is 28.7. The zero-order chi connectivity index (χ0) is 18.0. The number of aromatic amines is 1. The standard InChI is InChI=1S/C18H23FN4O2/c1-11-13-5-2-6-14(19)16(13)22-15(11)18(25)21-7-9-23-8-3-4-12(10-23)17(20)24/h2,5-6,12,22H,3-4,7-10H2,1H3,(H2,20,24)(H,21,25)/t12-/m1/s1. The molecule has 134 valence electrons. The second-order valence-corrected chi connectivity index (χ2v) is 6.59. The largest absolute Gasteiger partial charge is 0.369 e. The Morgan fingerprint density at radius 3 is 2.96 bits per heavy atom. The third kappa shape index (κ3) is 3.66. The Balaban J connectivity index is 1.59. The molecule has 0 unspecified atom stereocenters. The summed E-state index contributed by atoms with van der Waals surface area (Å²) in [7, 11) is 0. The third-order valence-electron chi connectivity index (χ3n) is 4.89. The number of aromatic nitrogens is 1. The van der Waals surface area contributed by atoms with Crippen molar-refractivity contribution in [3.63, 3.8) is 0 Å². The number of para-hydroxylation sites is 1. The van der Waals surface area contributed by atoms with E-state index in [-0.39, 0.29) is 23.5 Å². The van der Waals surface area contributed by atoms with Crippen molar-refractivity contribution in [3.8, 4) is 0 Å². The van der Waals surface area contributed by atoms with Crippen LogP contribution >= 0.6 is 0 Å². The van der Waals surface area contributed by atoms with E-state index < -0.39 is 0 Å². The lowest BCUT2D eigenvalue weighted by atomic mass is 9.97. The lowest BCUT2D eigenvalue weighted by Gasteiger charge is -2.31. The summed E-state index contributed by atoms with van der Waals surface area (Å²) in [5, 5.41) is 3.57. The number of primary amides is 1. The monoisotopic (exact) mass is 346 g/mol. The molecule has 2 heterocycles. The van der Waals surface area contributed by atoms with Crippen LogP contribution in [0.15, 0.2) is 18.2 Å². The molecule has 1 saturated heterocycles. The number of likely N-dealkylation sites (tertiary alicyclic amines) is 1. The van der Waals surface area contributed by atoms with Crippen LogP contribution in [0.4, 0.5) is 4.39 Å². The molecule has 4 N–H and O–H groups in total. The van der Waals surface area contributed by atoms with Gasteiger partial charge in [-0.15, -0.1) is 0 Å². The molecule has 3 rings (SSSR count). The van der Waals surface area contributed by atoms with Crippen LogP contribution in [0.25, 0.3) is 10.9 Å². The van der Waals surface area contributed by atoms with Gasteiger partial charge in [-0.3, -0.25) is 9.59 Å². The number of carbonyl (C=O) groups excluding carboxylic acids is 2. The molecule has 0 bridgehead atoms. The van der Waals surface area contributed by atoms with Gasteiger partial charge in [0.2, 0.25) is 5.91 Å². The number of H-pyrrole nitrogens is 1. The molecule has 0 aliphatic carbocycles. The molecule has 0 spiro atoms. The lowest BCUT2D eigenvalue weighted by Crippen LogP contribution is -2.44. The number of aryl methyl sites for hydroxylation is 1. The van der Waals surface area contributed by atoms with Crippen LogP contribution in [0.5, 0.6) is 0 Å². The Hall–Kier alpha value is -2.41. The van der Waals surface area contributed by atoms with Crippen LogP contribution < -0.4 is 11.1 Å². The van der Waals surface area contributed by atoms with Gasteiger partial charge in [0.25, 0.3) is 5.91 Å². The van der Waals surface area contributed by atoms with Gasteiger partial charge in [-0.2, -0.15) is 0 Å². The highest BCUT2D eigenvalue weighted by molar-refractivity contribution is 6.00. The third-order valence-corrected chi connectivity index (χ3v) is 4.89. The zero-order valence-electron chi connectivity index (χ0n) is 14.3. The summed E-state index contributed by atoms with van der Waals surface area (Å²) in [5.41, 5.74) is 6.85. The maximum atomic E-state index is 13.8. The number of nitrogens with two attached hydrogens (primary N) is 1. The van der Waals surface area contributed by atoms with Gasteiger partial charge in [0.05, 0.1) is 11.4 Å². The summed E-state index contributed by atoms with van der Waals surface area (Å²) in [5.74, 6) is -0.991. The molecule has 0 radical (unpaired) electrons. The fourth-order valence-electron chi connectivity index (χ4n) is 3.45. The van der Waals surface area contributed by atoms with Crippen molar-refractivity contribution in [1.29, 1.82) is 0 Å². The van der Waals surface area contributed by atoms with Crippen LogP contribution in [0.1, 0.15) is 28.9 Å². The van der Waals surface area contributed by atoms with E-state index in [1.165, 1.54) is 6.07 Å². The highest BCUT2D eigenvalue weighted by atomic mass is 19.1. The fraction of sp³-hybridized carbons (Fsp3) is 0.444. The maximum Gasteiger partial charge on any atom is 0.268 e. The highest BCUT2D eigenvalue weighted by Crippen LogP contribution is 2.23. The second kappa shape index (κ2) is 7.23. The van der Waals surface area contributed by atoms with Gasteiger partial charge in [0.1, 0.15) is 11.5 Å². The van der Waals surface area contributed by atoms with Crippen molar-refractivity contribution in [2.75, 3.05) is 26.2 Å². The van der Waals surface area contributed by atoms with Gasteiger partial charge >= 0.3 is 0 Å². The quantitative estimate of drug-likeness (QED) is 0.767. The number of rotatable bonds is 5. The Bertz CT molecular complexity index is 802. The summed E-state index contributed by atoms with van der Waals surface area (Å²) < 4.78 is 13.8. The fourth-order valence-corrected chi connectivity index (χ4v) is 3.45. The molecule has 1 aliphatic heterocycles. The number of amides is 2. The molecule has 25 heavy (non-hydrogen) atoms. The molecule has 1 fully saturated rings. The Morgan fingerprint density at radius 1 is 1.44 bits per heavy atom. The van der Waals surface area contributed by atoms with E-state index in [0.717, 1.165) is 24.9 Å². The SMILES string of the molecule is Cc1c(C(=O)NCCN2CCC[C@@H](C(N)=O)C2)[nH]c2c(F)cccc12. The Morgan fingerprint density at radius 2 is 2.24 bits per heavy atom. The molecule has 1 aliphatic rings. The molecule has 2 amide bonds.